The predicted molar refractivity (Wildman–Crippen MR) is 166 cm³/mol. The highest BCUT2D eigenvalue weighted by atomic mass is 19.4. The minimum Gasteiger partial charge on any atom is -0.489 e. The van der Waals surface area contributed by atoms with Crippen LogP contribution in [0.2, 0.25) is 0 Å². The van der Waals surface area contributed by atoms with Gasteiger partial charge in [-0.05, 0) is 95.3 Å². The molecule has 6 rings (SSSR count). The fraction of sp³-hybridized carbons (Fsp3) is 0.636. The fourth-order valence-electron chi connectivity index (χ4n) is 6.52. The molecule has 11 nitrogen and oxygen atoms in total. The van der Waals surface area contributed by atoms with Crippen LogP contribution in [-0.2, 0) is 9.53 Å². The van der Waals surface area contributed by atoms with Crippen molar-refractivity contribution in [1.82, 2.24) is 20.2 Å². The molecule has 1 amide bonds. The summed E-state index contributed by atoms with van der Waals surface area (Å²) >= 11 is 0. The second kappa shape index (κ2) is 15.9. The quantitative estimate of drug-likeness (QED) is 0.405. The van der Waals surface area contributed by atoms with Crippen LogP contribution in [-0.4, -0.2) is 91.6 Å². The van der Waals surface area contributed by atoms with E-state index in [0.29, 0.717) is 29.7 Å². The third-order valence-electron chi connectivity index (χ3n) is 8.55. The standard InChI is InChI=1S/C18H26N2O4.C13H18N2O2.C2HF3O/c1-18(2,3)24-17(21)20-10-12-7-15(8-13(12)11-20)23-14-5-6-16(22-4)19-9-14;1-16-13-3-2-11(8-15-13)17-12-4-9-6-14-7-10(9)5-12;3-2(4,5)1-6/h5-6,9,12-13,15H,7-8,10-11H2,1-4H3;2-3,8-10,12,14H,4-7H2,1H3;1H. The van der Waals surface area contributed by atoms with Gasteiger partial charge in [0.15, 0.2) is 0 Å². The lowest BCUT2D eigenvalue weighted by molar-refractivity contribution is -0.156. The van der Waals surface area contributed by atoms with Gasteiger partial charge in [0.1, 0.15) is 17.1 Å². The Labute approximate surface area is 273 Å². The number of fused-ring (bicyclic) bond motifs is 2. The number of hydrogen-bond acceptors (Lipinski definition) is 10. The van der Waals surface area contributed by atoms with Crippen LogP contribution in [0.15, 0.2) is 36.7 Å². The van der Waals surface area contributed by atoms with E-state index in [0.717, 1.165) is 62.4 Å². The zero-order valence-corrected chi connectivity index (χ0v) is 27.5. The zero-order chi connectivity index (χ0) is 34.2. The highest BCUT2D eigenvalue weighted by molar-refractivity contribution is 5.68. The van der Waals surface area contributed by atoms with Gasteiger partial charge in [-0.15, -0.1) is 0 Å². The van der Waals surface area contributed by atoms with Crippen molar-refractivity contribution in [3.05, 3.63) is 36.7 Å². The summed E-state index contributed by atoms with van der Waals surface area (Å²) in [6, 6.07) is 7.45. The molecule has 0 bridgehead atoms. The summed E-state index contributed by atoms with van der Waals surface area (Å²) in [6.07, 6.45) is 2.37. The highest BCUT2D eigenvalue weighted by Gasteiger charge is 2.44. The monoisotopic (exact) mass is 666 g/mol. The lowest BCUT2D eigenvalue weighted by Crippen LogP contribution is -2.36. The molecule has 1 N–H and O–H groups in total. The van der Waals surface area contributed by atoms with Gasteiger partial charge >= 0.3 is 12.3 Å². The number of aromatic nitrogens is 2. The van der Waals surface area contributed by atoms with Gasteiger partial charge in [0.05, 0.1) is 38.8 Å². The van der Waals surface area contributed by atoms with Crippen LogP contribution in [0.5, 0.6) is 23.3 Å². The molecule has 4 fully saturated rings. The lowest BCUT2D eigenvalue weighted by atomic mass is 10.0. The van der Waals surface area contributed by atoms with Crippen molar-refractivity contribution < 1.29 is 46.4 Å². The number of halogens is 3. The summed E-state index contributed by atoms with van der Waals surface area (Å²) in [7, 11) is 3.21. The number of pyridine rings is 2. The van der Waals surface area contributed by atoms with Crippen LogP contribution >= 0.6 is 0 Å². The van der Waals surface area contributed by atoms with E-state index >= 15 is 0 Å². The minimum atomic E-state index is -4.64. The number of alkyl halides is 3. The van der Waals surface area contributed by atoms with Crippen molar-refractivity contribution in [3.8, 4) is 23.3 Å². The molecule has 2 saturated carbocycles. The van der Waals surface area contributed by atoms with Crippen LogP contribution in [0.4, 0.5) is 18.0 Å². The lowest BCUT2D eigenvalue weighted by Gasteiger charge is -2.25. The van der Waals surface area contributed by atoms with Crippen molar-refractivity contribution in [2.45, 2.75) is 70.4 Å². The Morgan fingerprint density at radius 2 is 1.23 bits per heavy atom. The Balaban J connectivity index is 0.000000189. The number of hydrogen-bond donors (Lipinski definition) is 1. The molecular weight excluding hydrogens is 621 g/mol. The average Bonchev–Trinajstić information content (AvgIpc) is 3.79. The Morgan fingerprint density at radius 3 is 1.57 bits per heavy atom. The molecule has 4 atom stereocenters. The molecule has 0 radical (unpaired) electrons. The van der Waals surface area contributed by atoms with E-state index < -0.39 is 18.1 Å². The van der Waals surface area contributed by atoms with Gasteiger partial charge in [0, 0.05) is 25.2 Å². The van der Waals surface area contributed by atoms with Crippen molar-refractivity contribution in [2.75, 3.05) is 40.4 Å². The molecule has 4 heterocycles. The van der Waals surface area contributed by atoms with Gasteiger partial charge in [0.2, 0.25) is 18.0 Å². The van der Waals surface area contributed by atoms with E-state index in [2.05, 4.69) is 15.3 Å². The summed E-state index contributed by atoms with van der Waals surface area (Å²) in [6.45, 7) is 9.54. The van der Waals surface area contributed by atoms with Crippen molar-refractivity contribution in [3.63, 3.8) is 0 Å². The maximum Gasteiger partial charge on any atom is 0.446 e. The third-order valence-corrected chi connectivity index (χ3v) is 8.55. The van der Waals surface area contributed by atoms with Crippen LogP contribution < -0.4 is 24.3 Å². The number of carbonyl (C=O) groups is 2. The number of nitrogens with one attached hydrogen (secondary N) is 1. The Kier molecular flexibility index (Phi) is 12.2. The summed E-state index contributed by atoms with van der Waals surface area (Å²) in [4.78, 5) is 31.0. The number of nitrogens with zero attached hydrogens (tertiary/aromatic N) is 3. The molecular formula is C33H45F3N4O7. The molecule has 260 valence electrons. The van der Waals surface area contributed by atoms with Crippen molar-refractivity contribution >= 4 is 12.4 Å². The molecule has 4 unspecified atom stereocenters. The van der Waals surface area contributed by atoms with Gasteiger partial charge < -0.3 is 33.9 Å². The first-order valence-corrected chi connectivity index (χ1v) is 15.8. The minimum absolute atomic E-state index is 0.191. The SMILES string of the molecule is COc1ccc(OC2CC3CN(C(=O)OC(C)(C)C)CC3C2)cn1.COc1ccc(OC2CC3CNCC3C2)cn1.O=CC(F)(F)F. The third kappa shape index (κ3) is 11.1. The number of likely N-dealkylation sites (tertiary alicyclic amines) is 1. The number of methoxy groups -OCH3 is 2. The second-order valence-corrected chi connectivity index (χ2v) is 13.2. The first-order chi connectivity index (χ1) is 22.2. The molecule has 2 aliphatic heterocycles. The van der Waals surface area contributed by atoms with Crippen LogP contribution in [0, 0.1) is 23.7 Å². The van der Waals surface area contributed by atoms with E-state index in [9.17, 15) is 18.0 Å². The van der Waals surface area contributed by atoms with Crippen molar-refractivity contribution in [2.24, 2.45) is 23.7 Å². The smallest absolute Gasteiger partial charge is 0.446 e. The van der Waals surface area contributed by atoms with E-state index in [1.54, 1.807) is 32.7 Å². The van der Waals surface area contributed by atoms with E-state index in [1.165, 1.54) is 12.8 Å². The first kappa shape index (κ1) is 36.0. The van der Waals surface area contributed by atoms with Gasteiger partial charge in [-0.2, -0.15) is 13.2 Å². The molecule has 14 heteroatoms. The largest absolute Gasteiger partial charge is 0.489 e. The van der Waals surface area contributed by atoms with Crippen molar-refractivity contribution in [1.29, 1.82) is 0 Å². The average molecular weight is 667 g/mol. The normalized spacial score (nSPS) is 26.1. The highest BCUT2D eigenvalue weighted by Crippen LogP contribution is 2.40. The molecule has 2 aromatic heterocycles. The van der Waals surface area contributed by atoms with E-state index in [4.69, 9.17) is 28.5 Å². The number of aldehydes is 1. The van der Waals surface area contributed by atoms with Gasteiger partial charge in [-0.25, -0.2) is 14.8 Å². The van der Waals surface area contributed by atoms with Crippen LogP contribution in [0.1, 0.15) is 46.5 Å². The topological polar surface area (TPSA) is 121 Å². The van der Waals surface area contributed by atoms with Gasteiger partial charge in [-0.1, -0.05) is 0 Å². The summed E-state index contributed by atoms with van der Waals surface area (Å²) < 4.78 is 58.8. The molecule has 2 aliphatic carbocycles. The number of rotatable bonds is 6. The summed E-state index contributed by atoms with van der Waals surface area (Å²) in [5.74, 6) is 5.44. The van der Waals surface area contributed by atoms with Crippen LogP contribution in [0.3, 0.4) is 0 Å². The predicted octanol–water partition coefficient (Wildman–Crippen LogP) is 5.33. The molecule has 4 aliphatic rings. The number of amides is 1. The van der Waals surface area contributed by atoms with E-state index in [1.807, 2.05) is 43.9 Å². The number of carbonyl (C=O) groups excluding carboxylic acids is 2. The Bertz CT molecular complexity index is 1270. The molecule has 47 heavy (non-hydrogen) atoms. The molecule has 0 aromatic carbocycles. The zero-order valence-electron chi connectivity index (χ0n) is 27.5. The van der Waals surface area contributed by atoms with E-state index in [-0.39, 0.29) is 12.2 Å². The van der Waals surface area contributed by atoms with Gasteiger partial charge in [-0.3, -0.25) is 4.79 Å². The molecule has 0 spiro atoms. The summed E-state index contributed by atoms with van der Waals surface area (Å²) in [5.41, 5.74) is -0.443. The summed E-state index contributed by atoms with van der Waals surface area (Å²) in [5, 5.41) is 3.44. The maximum absolute atomic E-state index is 12.2. The molecule has 2 saturated heterocycles. The second-order valence-electron chi connectivity index (χ2n) is 13.2. The first-order valence-electron chi connectivity index (χ1n) is 15.8. The Morgan fingerprint density at radius 1 is 0.809 bits per heavy atom. The Hall–Kier alpha value is -3.81. The fourth-order valence-corrected chi connectivity index (χ4v) is 6.52. The number of ether oxygens (including phenoxy) is 5. The molecule has 2 aromatic rings. The van der Waals surface area contributed by atoms with Crippen LogP contribution in [0.25, 0.3) is 0 Å². The van der Waals surface area contributed by atoms with Gasteiger partial charge in [0.25, 0.3) is 0 Å². The maximum atomic E-state index is 12.2.